The van der Waals surface area contributed by atoms with Crippen molar-refractivity contribution in [2.45, 2.75) is 42.2 Å². The van der Waals surface area contributed by atoms with E-state index >= 15 is 0 Å². The summed E-state index contributed by atoms with van der Waals surface area (Å²) in [5, 5.41) is 1.17. The topological polar surface area (TPSA) is 32.7 Å². The fourth-order valence-electron chi connectivity index (χ4n) is 5.54. The molecule has 0 radical (unpaired) electrons. The number of allylic oxidation sites excluding steroid dienone is 1. The smallest absolute Gasteiger partial charge is 0.188 e. The van der Waals surface area contributed by atoms with Crippen LogP contribution in [0.2, 0.25) is 0 Å². The molecule has 3 aromatic rings. The number of hydrogen-bond donors (Lipinski definition) is 0. The van der Waals surface area contributed by atoms with Crippen LogP contribution in [0, 0.1) is 0 Å². The van der Waals surface area contributed by atoms with E-state index in [2.05, 4.69) is 65.6 Å². The van der Waals surface area contributed by atoms with E-state index in [9.17, 15) is 4.79 Å². The van der Waals surface area contributed by atoms with Gasteiger partial charge in [0.05, 0.1) is 11.2 Å². The van der Waals surface area contributed by atoms with Crippen LogP contribution in [0.4, 0.5) is 5.69 Å². The minimum absolute atomic E-state index is 0.167. The largest absolute Gasteiger partial charge is 0.289 e. The first kappa shape index (κ1) is 20.6. The van der Waals surface area contributed by atoms with Gasteiger partial charge in [0.1, 0.15) is 5.04 Å². The highest BCUT2D eigenvalue weighted by molar-refractivity contribution is 8.14. The number of fused-ring (bicyclic) bond motifs is 2. The Bertz CT molecular complexity index is 1250. The van der Waals surface area contributed by atoms with Crippen LogP contribution < -0.4 is 0 Å². The zero-order valence-electron chi connectivity index (χ0n) is 18.5. The third-order valence-electron chi connectivity index (χ3n) is 7.20. The minimum Gasteiger partial charge on any atom is -0.289 e. The molecule has 6 rings (SSSR count). The molecule has 3 nitrogen and oxygen atoms in total. The highest BCUT2D eigenvalue weighted by Crippen LogP contribution is 2.55. The summed E-state index contributed by atoms with van der Waals surface area (Å²) in [6, 6.07) is 29.2. The van der Waals surface area contributed by atoms with Crippen LogP contribution in [0.1, 0.15) is 41.6 Å². The number of carbonyl (C=O) groups excluding carboxylic acids is 1. The number of likely N-dealkylation sites (tertiary alicyclic amines) is 1. The average molecular weight is 451 g/mol. The van der Waals surface area contributed by atoms with Gasteiger partial charge in [-0.1, -0.05) is 84.6 Å². The Balaban J connectivity index is 1.31. The normalized spacial score (nSPS) is 24.1. The zero-order chi connectivity index (χ0) is 22.3. The van der Waals surface area contributed by atoms with Gasteiger partial charge >= 0.3 is 0 Å². The molecule has 3 aromatic carbocycles. The van der Waals surface area contributed by atoms with Crippen molar-refractivity contribution in [3.05, 3.63) is 108 Å². The Hall–Kier alpha value is -2.95. The van der Waals surface area contributed by atoms with E-state index in [0.29, 0.717) is 6.04 Å². The fourth-order valence-corrected chi connectivity index (χ4v) is 6.70. The number of hydrogen-bond acceptors (Lipinski definition) is 4. The lowest BCUT2D eigenvalue weighted by Crippen LogP contribution is -2.64. The number of Topliss-reactive ketones (excluding diaryl/α,β-unsaturated/α-hetero) is 1. The lowest BCUT2D eigenvalue weighted by molar-refractivity contribution is -0.00525. The molecule has 1 aliphatic carbocycles. The maximum atomic E-state index is 13.2. The van der Waals surface area contributed by atoms with E-state index in [4.69, 9.17) is 4.99 Å². The molecular weight excluding hydrogens is 424 g/mol. The predicted octanol–water partition coefficient (Wildman–Crippen LogP) is 6.79. The van der Waals surface area contributed by atoms with Crippen molar-refractivity contribution in [3.63, 3.8) is 0 Å². The molecule has 2 atom stereocenters. The first-order valence-electron chi connectivity index (χ1n) is 11.7. The molecule has 2 heterocycles. The Morgan fingerprint density at radius 2 is 1.67 bits per heavy atom. The lowest BCUT2D eigenvalue weighted by atomic mass is 9.76. The Morgan fingerprint density at radius 3 is 2.42 bits per heavy atom. The molecule has 2 aliphatic heterocycles. The predicted molar refractivity (Wildman–Crippen MR) is 135 cm³/mol. The summed E-state index contributed by atoms with van der Waals surface area (Å²) in [6.07, 6.45) is 6.07. The lowest BCUT2D eigenvalue weighted by Gasteiger charge is -2.55. The molecule has 0 N–H and O–H groups in total. The molecule has 0 saturated carbocycles. The van der Waals surface area contributed by atoms with Gasteiger partial charge in [0, 0.05) is 28.6 Å². The van der Waals surface area contributed by atoms with E-state index in [1.807, 2.05) is 30.3 Å². The van der Waals surface area contributed by atoms with E-state index in [1.165, 1.54) is 15.5 Å². The van der Waals surface area contributed by atoms with Crippen molar-refractivity contribution >= 4 is 28.3 Å². The maximum Gasteiger partial charge on any atom is 0.188 e. The fraction of sp³-hybridized carbons (Fsp3) is 0.241. The van der Waals surface area contributed by atoms with Crippen molar-refractivity contribution in [1.82, 2.24) is 4.90 Å². The van der Waals surface area contributed by atoms with Crippen LogP contribution in [-0.4, -0.2) is 28.3 Å². The highest BCUT2D eigenvalue weighted by atomic mass is 32.2. The molecule has 0 aromatic heterocycles. The van der Waals surface area contributed by atoms with Crippen LogP contribution in [0.3, 0.4) is 0 Å². The molecule has 1 fully saturated rings. The van der Waals surface area contributed by atoms with Gasteiger partial charge in [-0.25, -0.2) is 4.99 Å². The Kier molecular flexibility index (Phi) is 5.28. The highest BCUT2D eigenvalue weighted by Gasteiger charge is 2.56. The van der Waals surface area contributed by atoms with Gasteiger partial charge < -0.3 is 0 Å². The maximum absolute atomic E-state index is 13.2. The van der Waals surface area contributed by atoms with Crippen molar-refractivity contribution in [1.29, 1.82) is 0 Å². The van der Waals surface area contributed by atoms with E-state index in [1.54, 1.807) is 11.8 Å². The second kappa shape index (κ2) is 8.44. The Morgan fingerprint density at radius 1 is 0.939 bits per heavy atom. The number of carbonyl (C=O) groups is 1. The van der Waals surface area contributed by atoms with Crippen LogP contribution in [0.25, 0.3) is 0 Å². The first-order valence-corrected chi connectivity index (χ1v) is 12.5. The second-order valence-electron chi connectivity index (χ2n) is 9.01. The van der Waals surface area contributed by atoms with Crippen LogP contribution in [-0.2, 0) is 5.54 Å². The number of para-hydroxylation sites is 1. The molecule has 1 spiro atoms. The molecule has 0 bridgehead atoms. The second-order valence-corrected chi connectivity index (χ2v) is 10.1. The van der Waals surface area contributed by atoms with Crippen LogP contribution in [0.15, 0.2) is 106 Å². The number of aliphatic imine (C=N–C) groups is 1. The standard InChI is InChI=1S/C29H26N2OS/c32-27(21-10-3-1-4-11-21)22-12-9-13-23(20-22)31-19-18-29(31)25-16-7-8-17-26(25)30-28(29)33-24-14-5-2-6-15-24/h1-8,10-12,14-17,23H,9,13,18-20H2/t23?,29-/m0/s1. The molecule has 1 saturated heterocycles. The third kappa shape index (κ3) is 3.49. The SMILES string of the molecule is O=C(C1=CCCC(N2CC[C@]23C(Sc2ccccc2)=Nc2ccccc23)C1)c1ccccc1. The quantitative estimate of drug-likeness (QED) is 0.411. The van der Waals surface area contributed by atoms with Gasteiger partial charge in [-0.15, -0.1) is 0 Å². The van der Waals surface area contributed by atoms with Gasteiger partial charge in [0.25, 0.3) is 0 Å². The first-order chi connectivity index (χ1) is 16.3. The zero-order valence-corrected chi connectivity index (χ0v) is 19.3. The van der Waals surface area contributed by atoms with E-state index in [0.717, 1.165) is 49.1 Å². The minimum atomic E-state index is -0.167. The number of thioether (sulfide) groups is 1. The van der Waals surface area contributed by atoms with Crippen LogP contribution in [0.5, 0.6) is 0 Å². The molecule has 3 aliphatic rings. The third-order valence-corrected chi connectivity index (χ3v) is 8.33. The molecule has 1 unspecified atom stereocenters. The molecule has 164 valence electrons. The molecule has 4 heteroatoms. The van der Waals surface area contributed by atoms with Gasteiger partial charge in [-0.05, 0) is 49.5 Å². The molecule has 0 amide bonds. The van der Waals surface area contributed by atoms with Gasteiger partial charge in [0.15, 0.2) is 5.78 Å². The summed E-state index contributed by atoms with van der Waals surface area (Å²) in [5.41, 5.74) is 3.99. The summed E-state index contributed by atoms with van der Waals surface area (Å²) in [4.78, 5) is 22.2. The summed E-state index contributed by atoms with van der Waals surface area (Å²) in [5.74, 6) is 0.175. The van der Waals surface area contributed by atoms with Gasteiger partial charge in [-0.3, -0.25) is 9.69 Å². The van der Waals surface area contributed by atoms with Crippen molar-refractivity contribution < 1.29 is 4.79 Å². The van der Waals surface area contributed by atoms with Crippen molar-refractivity contribution in [2.75, 3.05) is 6.54 Å². The van der Waals surface area contributed by atoms with Gasteiger partial charge in [0.2, 0.25) is 0 Å². The van der Waals surface area contributed by atoms with Gasteiger partial charge in [-0.2, -0.15) is 0 Å². The van der Waals surface area contributed by atoms with E-state index in [-0.39, 0.29) is 11.3 Å². The number of rotatable bonds is 4. The molecule has 33 heavy (non-hydrogen) atoms. The monoisotopic (exact) mass is 450 g/mol. The van der Waals surface area contributed by atoms with Crippen LogP contribution >= 0.6 is 11.8 Å². The summed E-state index contributed by atoms with van der Waals surface area (Å²) in [6.45, 7) is 1.04. The van der Waals surface area contributed by atoms with Crippen molar-refractivity contribution in [2.24, 2.45) is 4.99 Å². The van der Waals surface area contributed by atoms with E-state index < -0.39 is 0 Å². The average Bonchev–Trinajstić information content (AvgIpc) is 3.20. The summed E-state index contributed by atoms with van der Waals surface area (Å²) < 4.78 is 0. The summed E-state index contributed by atoms with van der Waals surface area (Å²) in [7, 11) is 0. The number of benzene rings is 3. The number of nitrogens with zero attached hydrogens (tertiary/aromatic N) is 2. The Labute approximate surface area is 199 Å². The molecular formula is C29H26N2OS. The van der Waals surface area contributed by atoms with Crippen molar-refractivity contribution in [3.8, 4) is 0 Å². The number of ketones is 1. The summed E-state index contributed by atoms with van der Waals surface area (Å²) >= 11 is 1.79.